The van der Waals surface area contributed by atoms with Crippen LogP contribution in [0.2, 0.25) is 0 Å². The van der Waals surface area contributed by atoms with Gasteiger partial charge < -0.3 is 4.90 Å². The first-order valence-corrected chi connectivity index (χ1v) is 9.14. The lowest BCUT2D eigenvalue weighted by molar-refractivity contribution is 0.426. The van der Waals surface area contributed by atoms with Crippen molar-refractivity contribution >= 4 is 16.9 Å². The summed E-state index contributed by atoms with van der Waals surface area (Å²) in [6.45, 7) is 4.23. The van der Waals surface area contributed by atoms with Gasteiger partial charge in [-0.15, -0.1) is 0 Å². The number of benzene rings is 1. The van der Waals surface area contributed by atoms with Crippen molar-refractivity contribution in [1.29, 1.82) is 0 Å². The van der Waals surface area contributed by atoms with Crippen molar-refractivity contribution in [2.45, 2.75) is 52.0 Å². The molecule has 0 bridgehead atoms. The Labute approximate surface area is 148 Å². The molecule has 0 unspecified atom stereocenters. The molecular formula is C20H25N5. The van der Waals surface area contributed by atoms with E-state index in [1.54, 1.807) is 6.33 Å². The zero-order valence-electron chi connectivity index (χ0n) is 15.2. The second-order valence-electron chi connectivity index (χ2n) is 7.18. The smallest absolute Gasteiger partial charge is 0.168 e. The molecule has 0 aliphatic heterocycles. The number of anilines is 1. The fourth-order valence-corrected chi connectivity index (χ4v) is 3.97. The molecule has 0 saturated heterocycles. The maximum Gasteiger partial charge on any atom is 0.168 e. The monoisotopic (exact) mass is 335 g/mol. The molecule has 0 N–H and O–H groups in total. The zero-order chi connectivity index (χ0) is 17.4. The Bertz CT molecular complexity index is 892. The van der Waals surface area contributed by atoms with Crippen LogP contribution in [0.25, 0.3) is 16.7 Å². The molecule has 1 aliphatic carbocycles. The average molecular weight is 335 g/mol. The Hall–Kier alpha value is -2.43. The molecule has 4 rings (SSSR count). The minimum Gasteiger partial charge on any atom is -0.356 e. The maximum absolute atomic E-state index is 4.63. The Morgan fingerprint density at radius 3 is 2.64 bits per heavy atom. The molecule has 0 atom stereocenters. The third-order valence-corrected chi connectivity index (χ3v) is 5.38. The van der Waals surface area contributed by atoms with E-state index in [-0.39, 0.29) is 0 Å². The molecule has 0 radical (unpaired) electrons. The van der Waals surface area contributed by atoms with E-state index in [1.165, 1.54) is 43.2 Å². The van der Waals surface area contributed by atoms with Crippen molar-refractivity contribution in [2.24, 2.45) is 0 Å². The Morgan fingerprint density at radius 2 is 1.88 bits per heavy atom. The van der Waals surface area contributed by atoms with Crippen LogP contribution in [0.15, 0.2) is 30.7 Å². The Kier molecular flexibility index (Phi) is 4.15. The van der Waals surface area contributed by atoms with E-state index in [4.69, 9.17) is 0 Å². The van der Waals surface area contributed by atoms with E-state index in [9.17, 15) is 0 Å². The molecule has 130 valence electrons. The van der Waals surface area contributed by atoms with Gasteiger partial charge in [-0.3, -0.25) is 0 Å². The lowest BCUT2D eigenvalue weighted by Crippen LogP contribution is -2.34. The second kappa shape index (κ2) is 6.47. The molecule has 1 aliphatic rings. The van der Waals surface area contributed by atoms with E-state index in [0.717, 1.165) is 22.5 Å². The number of hydrogen-bond donors (Lipinski definition) is 0. The summed E-state index contributed by atoms with van der Waals surface area (Å²) in [7, 11) is 2.16. The molecule has 2 aromatic heterocycles. The number of rotatable bonds is 3. The molecule has 5 nitrogen and oxygen atoms in total. The molecular weight excluding hydrogens is 310 g/mol. The normalized spacial score (nSPS) is 15.6. The highest BCUT2D eigenvalue weighted by Gasteiger charge is 2.22. The molecule has 1 aromatic carbocycles. The largest absolute Gasteiger partial charge is 0.356 e. The van der Waals surface area contributed by atoms with E-state index in [0.29, 0.717) is 6.04 Å². The summed E-state index contributed by atoms with van der Waals surface area (Å²) in [5.41, 5.74) is 4.40. The molecule has 3 aromatic rings. The van der Waals surface area contributed by atoms with E-state index in [2.05, 4.69) is 59.1 Å². The maximum atomic E-state index is 4.63. The van der Waals surface area contributed by atoms with E-state index >= 15 is 0 Å². The molecule has 1 fully saturated rings. The molecule has 0 amide bonds. The van der Waals surface area contributed by atoms with Gasteiger partial charge in [-0.25, -0.2) is 14.6 Å². The van der Waals surface area contributed by atoms with Crippen molar-refractivity contribution < 1.29 is 0 Å². The third kappa shape index (κ3) is 2.88. The van der Waals surface area contributed by atoms with Gasteiger partial charge in [-0.1, -0.05) is 37.0 Å². The number of aromatic nitrogens is 4. The van der Waals surface area contributed by atoms with Crippen LogP contribution >= 0.6 is 0 Å². The molecule has 2 heterocycles. The minimum atomic E-state index is 0.566. The van der Waals surface area contributed by atoms with Crippen LogP contribution < -0.4 is 4.90 Å². The fourth-order valence-electron chi connectivity index (χ4n) is 3.97. The van der Waals surface area contributed by atoms with Crippen LogP contribution in [0.1, 0.15) is 43.2 Å². The first-order valence-electron chi connectivity index (χ1n) is 9.14. The van der Waals surface area contributed by atoms with Crippen LogP contribution in [0, 0.1) is 13.8 Å². The lowest BCUT2D eigenvalue weighted by atomic mass is 9.94. The average Bonchev–Trinajstić information content (AvgIpc) is 3.06. The number of aryl methyl sites for hydroxylation is 2. The van der Waals surface area contributed by atoms with Crippen molar-refractivity contribution in [3.63, 3.8) is 0 Å². The molecule has 5 heteroatoms. The van der Waals surface area contributed by atoms with Gasteiger partial charge in [-0.2, -0.15) is 5.10 Å². The highest BCUT2D eigenvalue weighted by molar-refractivity contribution is 5.87. The first-order chi connectivity index (χ1) is 12.1. The van der Waals surface area contributed by atoms with Crippen LogP contribution in [-0.4, -0.2) is 32.8 Å². The summed E-state index contributed by atoms with van der Waals surface area (Å²) >= 11 is 0. The van der Waals surface area contributed by atoms with Crippen molar-refractivity contribution in [3.05, 3.63) is 41.9 Å². The topological polar surface area (TPSA) is 46.8 Å². The number of hydrogen-bond acceptors (Lipinski definition) is 4. The van der Waals surface area contributed by atoms with Crippen LogP contribution in [0.3, 0.4) is 0 Å². The van der Waals surface area contributed by atoms with E-state index < -0.39 is 0 Å². The van der Waals surface area contributed by atoms with Gasteiger partial charge in [-0.05, 0) is 38.3 Å². The lowest BCUT2D eigenvalue weighted by Gasteiger charge is -2.32. The van der Waals surface area contributed by atoms with Crippen LogP contribution in [0.4, 0.5) is 5.82 Å². The van der Waals surface area contributed by atoms with Gasteiger partial charge >= 0.3 is 0 Å². The first kappa shape index (κ1) is 16.1. The molecule has 25 heavy (non-hydrogen) atoms. The fraction of sp³-hybridized carbons (Fsp3) is 0.450. The van der Waals surface area contributed by atoms with Crippen LogP contribution in [0.5, 0.6) is 0 Å². The highest BCUT2D eigenvalue weighted by Crippen LogP contribution is 2.30. The second-order valence-corrected chi connectivity index (χ2v) is 7.18. The van der Waals surface area contributed by atoms with Gasteiger partial charge in [0.2, 0.25) is 0 Å². The molecule has 0 spiro atoms. The summed E-state index contributed by atoms with van der Waals surface area (Å²) in [4.78, 5) is 11.4. The Morgan fingerprint density at radius 1 is 1.08 bits per heavy atom. The minimum absolute atomic E-state index is 0.566. The van der Waals surface area contributed by atoms with Crippen molar-refractivity contribution in [1.82, 2.24) is 19.7 Å². The summed E-state index contributed by atoms with van der Waals surface area (Å²) in [5, 5.41) is 5.66. The van der Waals surface area contributed by atoms with Crippen molar-refractivity contribution in [3.8, 4) is 5.69 Å². The van der Waals surface area contributed by atoms with Crippen molar-refractivity contribution in [2.75, 3.05) is 11.9 Å². The van der Waals surface area contributed by atoms with Crippen LogP contribution in [-0.2, 0) is 0 Å². The molecule has 1 saturated carbocycles. The standard InChI is InChI=1S/C20H25N5/c1-14-9-10-18(15(2)11-14)25-20-17(12-23-25)19(21-13-22-20)24(3)16-7-5-4-6-8-16/h9-13,16H,4-8H2,1-3H3. The zero-order valence-corrected chi connectivity index (χ0v) is 15.2. The van der Waals surface area contributed by atoms with Gasteiger partial charge in [0.05, 0.1) is 17.3 Å². The summed E-state index contributed by atoms with van der Waals surface area (Å²) in [5.74, 6) is 0.993. The van der Waals surface area contributed by atoms with Gasteiger partial charge in [0.25, 0.3) is 0 Å². The third-order valence-electron chi connectivity index (χ3n) is 5.38. The quantitative estimate of drug-likeness (QED) is 0.719. The number of nitrogens with zero attached hydrogens (tertiary/aromatic N) is 5. The predicted molar refractivity (Wildman–Crippen MR) is 101 cm³/mol. The summed E-state index contributed by atoms with van der Waals surface area (Å²) < 4.78 is 1.93. The van der Waals surface area contributed by atoms with Gasteiger partial charge in [0.15, 0.2) is 5.65 Å². The summed E-state index contributed by atoms with van der Waals surface area (Å²) in [6, 6.07) is 6.98. The predicted octanol–water partition coefficient (Wildman–Crippen LogP) is 4.20. The van der Waals surface area contributed by atoms with E-state index in [1.807, 2.05) is 10.9 Å². The van der Waals surface area contributed by atoms with Gasteiger partial charge in [0.1, 0.15) is 12.1 Å². The van der Waals surface area contributed by atoms with Gasteiger partial charge in [0, 0.05) is 13.1 Å². The summed E-state index contributed by atoms with van der Waals surface area (Å²) in [6.07, 6.45) is 10.0. The SMILES string of the molecule is Cc1ccc(-n2ncc3c(N(C)C4CCCCC4)ncnc32)c(C)c1. The highest BCUT2D eigenvalue weighted by atomic mass is 15.3. The Balaban J connectivity index is 1.77. The number of fused-ring (bicyclic) bond motifs is 1.